The van der Waals surface area contributed by atoms with E-state index in [2.05, 4.69) is 15.5 Å². The van der Waals surface area contributed by atoms with Gasteiger partial charge in [-0.25, -0.2) is 0 Å². The molecule has 0 saturated heterocycles. The number of hydrogen-bond acceptors (Lipinski definition) is 4. The summed E-state index contributed by atoms with van der Waals surface area (Å²) in [5, 5.41) is 10.5. The number of amides is 2. The number of carbonyl (C=O) groups is 2. The fourth-order valence-corrected chi connectivity index (χ4v) is 1.64. The maximum absolute atomic E-state index is 12.0. The minimum atomic E-state index is -0.687. The molecular formula is C11H14N6O2. The number of aryl methyl sites for hydroxylation is 2. The Balaban J connectivity index is 2.28. The van der Waals surface area contributed by atoms with E-state index in [1.807, 2.05) is 6.92 Å². The van der Waals surface area contributed by atoms with E-state index in [-0.39, 0.29) is 11.6 Å². The van der Waals surface area contributed by atoms with Gasteiger partial charge in [-0.1, -0.05) is 0 Å². The van der Waals surface area contributed by atoms with Gasteiger partial charge in [-0.15, -0.1) is 0 Å². The molecule has 2 rings (SSSR count). The predicted molar refractivity (Wildman–Crippen MR) is 67.6 cm³/mol. The average Bonchev–Trinajstić information content (AvgIpc) is 2.95. The van der Waals surface area contributed by atoms with Crippen LogP contribution in [0.25, 0.3) is 0 Å². The number of rotatable bonds is 4. The van der Waals surface area contributed by atoms with Crippen LogP contribution >= 0.6 is 0 Å². The molecule has 0 saturated carbocycles. The van der Waals surface area contributed by atoms with Gasteiger partial charge in [-0.3, -0.25) is 19.0 Å². The smallest absolute Gasteiger partial charge is 0.274 e. The summed E-state index contributed by atoms with van der Waals surface area (Å²) in [7, 11) is 1.65. The molecule has 8 heteroatoms. The Hall–Kier alpha value is -2.64. The topological polar surface area (TPSA) is 108 Å². The Morgan fingerprint density at radius 2 is 2.21 bits per heavy atom. The van der Waals surface area contributed by atoms with E-state index in [0.29, 0.717) is 17.9 Å². The molecule has 0 fully saturated rings. The number of carbonyl (C=O) groups excluding carboxylic acids is 2. The van der Waals surface area contributed by atoms with E-state index in [0.717, 1.165) is 0 Å². The number of nitrogens with one attached hydrogen (secondary N) is 1. The Morgan fingerprint density at radius 3 is 2.74 bits per heavy atom. The monoisotopic (exact) mass is 262 g/mol. The van der Waals surface area contributed by atoms with Crippen LogP contribution in [0.2, 0.25) is 0 Å². The average molecular weight is 262 g/mol. The summed E-state index contributed by atoms with van der Waals surface area (Å²) in [6, 6.07) is 1.57. The van der Waals surface area contributed by atoms with Crippen molar-refractivity contribution in [2.75, 3.05) is 5.32 Å². The van der Waals surface area contributed by atoms with Gasteiger partial charge in [-0.05, 0) is 13.0 Å². The number of hydrogen-bond donors (Lipinski definition) is 2. The van der Waals surface area contributed by atoms with Crippen LogP contribution in [0.1, 0.15) is 27.9 Å². The van der Waals surface area contributed by atoms with Crippen molar-refractivity contribution in [2.24, 2.45) is 12.8 Å². The molecule has 2 aromatic heterocycles. The summed E-state index contributed by atoms with van der Waals surface area (Å²) in [5.74, 6) is -1.06. The van der Waals surface area contributed by atoms with E-state index in [9.17, 15) is 9.59 Å². The summed E-state index contributed by atoms with van der Waals surface area (Å²) < 4.78 is 2.96. The molecule has 0 atom stereocenters. The second-order valence-corrected chi connectivity index (χ2v) is 3.91. The van der Waals surface area contributed by atoms with Crippen LogP contribution in [-0.2, 0) is 13.6 Å². The second-order valence-electron chi connectivity index (χ2n) is 3.91. The second kappa shape index (κ2) is 4.92. The Kier molecular flexibility index (Phi) is 3.32. The third-order valence-electron chi connectivity index (χ3n) is 2.62. The largest absolute Gasteiger partial charge is 0.364 e. The molecule has 0 spiro atoms. The zero-order valence-corrected chi connectivity index (χ0v) is 10.6. The molecule has 0 radical (unpaired) electrons. The SMILES string of the molecule is CCn1cc(NC(=O)c2ccnn2C)c(C(N)=O)n1. The lowest BCUT2D eigenvalue weighted by atomic mass is 10.3. The Morgan fingerprint density at radius 1 is 1.47 bits per heavy atom. The van der Waals surface area contributed by atoms with Crippen LogP contribution in [0.3, 0.4) is 0 Å². The Labute approximate surface area is 109 Å². The van der Waals surface area contributed by atoms with E-state index in [1.165, 1.54) is 15.6 Å². The molecule has 3 N–H and O–H groups in total. The highest BCUT2D eigenvalue weighted by molar-refractivity contribution is 6.07. The maximum Gasteiger partial charge on any atom is 0.274 e. The zero-order chi connectivity index (χ0) is 14.0. The molecule has 100 valence electrons. The van der Waals surface area contributed by atoms with Crippen molar-refractivity contribution in [3.8, 4) is 0 Å². The third kappa shape index (κ3) is 2.46. The van der Waals surface area contributed by atoms with Gasteiger partial charge in [0.15, 0.2) is 5.69 Å². The third-order valence-corrected chi connectivity index (χ3v) is 2.62. The minimum absolute atomic E-state index is 0.0392. The molecule has 0 aliphatic carbocycles. The molecule has 2 amide bonds. The van der Waals surface area contributed by atoms with Crippen molar-refractivity contribution in [3.63, 3.8) is 0 Å². The molecule has 2 aromatic rings. The van der Waals surface area contributed by atoms with Crippen LogP contribution in [0.5, 0.6) is 0 Å². The molecule has 8 nitrogen and oxygen atoms in total. The normalized spacial score (nSPS) is 10.4. The molecule has 0 aliphatic rings. The number of nitrogens with two attached hydrogens (primary N) is 1. The lowest BCUT2D eigenvalue weighted by Crippen LogP contribution is -2.19. The van der Waals surface area contributed by atoms with Gasteiger partial charge in [0.2, 0.25) is 0 Å². The van der Waals surface area contributed by atoms with Crippen LogP contribution < -0.4 is 11.1 Å². The van der Waals surface area contributed by atoms with Gasteiger partial charge < -0.3 is 11.1 Å². The van der Waals surface area contributed by atoms with Gasteiger partial charge in [0.05, 0.1) is 5.69 Å². The fourth-order valence-electron chi connectivity index (χ4n) is 1.64. The first-order valence-electron chi connectivity index (χ1n) is 5.69. The minimum Gasteiger partial charge on any atom is -0.364 e. The van der Waals surface area contributed by atoms with Gasteiger partial charge in [-0.2, -0.15) is 10.2 Å². The fraction of sp³-hybridized carbons (Fsp3) is 0.273. The van der Waals surface area contributed by atoms with Gasteiger partial charge in [0, 0.05) is 26.0 Å². The highest BCUT2D eigenvalue weighted by Crippen LogP contribution is 2.14. The standard InChI is InChI=1S/C11H14N6O2/c1-3-17-6-7(9(15-17)10(12)18)14-11(19)8-4-5-13-16(8)2/h4-6H,3H2,1-2H3,(H2,12,18)(H,14,19). The molecule has 19 heavy (non-hydrogen) atoms. The lowest BCUT2D eigenvalue weighted by Gasteiger charge is -2.03. The van der Waals surface area contributed by atoms with E-state index >= 15 is 0 Å². The summed E-state index contributed by atoms with van der Waals surface area (Å²) in [6.07, 6.45) is 3.08. The first-order valence-corrected chi connectivity index (χ1v) is 5.69. The van der Waals surface area contributed by atoms with Crippen LogP contribution in [-0.4, -0.2) is 31.4 Å². The van der Waals surface area contributed by atoms with Crippen molar-refractivity contribution in [2.45, 2.75) is 13.5 Å². The highest BCUT2D eigenvalue weighted by Gasteiger charge is 2.18. The van der Waals surface area contributed by atoms with Crippen LogP contribution in [0, 0.1) is 0 Å². The van der Waals surface area contributed by atoms with Crippen molar-refractivity contribution in [3.05, 3.63) is 29.8 Å². The lowest BCUT2D eigenvalue weighted by molar-refractivity contribution is 0.0995. The summed E-state index contributed by atoms with van der Waals surface area (Å²) in [4.78, 5) is 23.3. The van der Waals surface area contributed by atoms with Crippen molar-refractivity contribution in [1.29, 1.82) is 0 Å². The molecule has 0 unspecified atom stereocenters. The van der Waals surface area contributed by atoms with Gasteiger partial charge >= 0.3 is 0 Å². The summed E-state index contributed by atoms with van der Waals surface area (Å²) in [6.45, 7) is 2.44. The van der Waals surface area contributed by atoms with Crippen LogP contribution in [0.15, 0.2) is 18.5 Å². The number of nitrogens with zero attached hydrogens (tertiary/aromatic N) is 4. The van der Waals surface area contributed by atoms with Crippen molar-refractivity contribution >= 4 is 17.5 Å². The van der Waals surface area contributed by atoms with E-state index in [4.69, 9.17) is 5.73 Å². The molecule has 0 aromatic carbocycles. The molecule has 2 heterocycles. The van der Waals surface area contributed by atoms with E-state index in [1.54, 1.807) is 19.3 Å². The van der Waals surface area contributed by atoms with E-state index < -0.39 is 5.91 Å². The van der Waals surface area contributed by atoms with Gasteiger partial charge in [0.1, 0.15) is 5.69 Å². The summed E-state index contributed by atoms with van der Waals surface area (Å²) in [5.41, 5.74) is 5.93. The number of anilines is 1. The first kappa shape index (κ1) is 12.8. The van der Waals surface area contributed by atoms with Gasteiger partial charge in [0.25, 0.3) is 11.8 Å². The molecular weight excluding hydrogens is 248 g/mol. The number of aromatic nitrogens is 4. The number of primary amides is 1. The molecule has 0 bridgehead atoms. The quantitative estimate of drug-likeness (QED) is 0.807. The predicted octanol–water partition coefficient (Wildman–Crippen LogP) is -0.0123. The first-order chi connectivity index (χ1) is 9.02. The summed E-state index contributed by atoms with van der Waals surface area (Å²) >= 11 is 0. The zero-order valence-electron chi connectivity index (χ0n) is 10.6. The Bertz CT molecular complexity index is 627. The maximum atomic E-state index is 12.0. The van der Waals surface area contributed by atoms with Crippen molar-refractivity contribution < 1.29 is 9.59 Å². The highest BCUT2D eigenvalue weighted by atomic mass is 16.2. The molecule has 0 aliphatic heterocycles. The van der Waals surface area contributed by atoms with Crippen LogP contribution in [0.4, 0.5) is 5.69 Å². The van der Waals surface area contributed by atoms with Crippen molar-refractivity contribution in [1.82, 2.24) is 19.6 Å².